The average Bonchev–Trinajstić information content (AvgIpc) is 2.05. The summed E-state index contributed by atoms with van der Waals surface area (Å²) in [6.07, 6.45) is 0. The summed E-state index contributed by atoms with van der Waals surface area (Å²) in [4.78, 5) is 0. The zero-order valence-corrected chi connectivity index (χ0v) is 8.11. The molecule has 1 aromatic carbocycles. The van der Waals surface area contributed by atoms with E-state index in [0.29, 0.717) is 0 Å². The third-order valence-electron chi connectivity index (χ3n) is 1.61. The lowest BCUT2D eigenvalue weighted by atomic mass is 10.1. The monoisotopic (exact) mass is 169 g/mol. The van der Waals surface area contributed by atoms with Crippen LogP contribution in [0.25, 0.3) is 0 Å². The van der Waals surface area contributed by atoms with E-state index in [-0.39, 0.29) is 11.5 Å². The summed E-state index contributed by atoms with van der Waals surface area (Å²) in [5.41, 5.74) is 7.50. The lowest BCUT2D eigenvalue weighted by Gasteiger charge is -2.01. The van der Waals surface area contributed by atoms with Gasteiger partial charge in [0.1, 0.15) is 5.82 Å². The first-order valence-corrected chi connectivity index (χ1v) is 4.13. The van der Waals surface area contributed by atoms with Gasteiger partial charge < -0.3 is 5.73 Å². The topological polar surface area (TPSA) is 26.0 Å². The number of nitrogen functional groups attached to an aromatic ring is 1. The molecule has 0 bridgehead atoms. The highest BCUT2D eigenvalue weighted by molar-refractivity contribution is 5.45. The average molecular weight is 169 g/mol. The first-order valence-electron chi connectivity index (χ1n) is 4.13. The molecule has 0 fully saturated rings. The van der Waals surface area contributed by atoms with E-state index < -0.39 is 0 Å². The van der Waals surface area contributed by atoms with Gasteiger partial charge in [0.05, 0.1) is 5.69 Å². The molecule has 0 aliphatic heterocycles. The maximum atomic E-state index is 12.6. The Kier molecular flexibility index (Phi) is 4.34. The van der Waals surface area contributed by atoms with E-state index in [2.05, 4.69) is 0 Å². The molecule has 1 nitrogen and oxygen atoms in total. The Morgan fingerprint density at radius 1 is 1.08 bits per heavy atom. The Bertz CT molecular complexity index is 206. The fraction of sp³-hybridized carbons (Fsp3) is 0.400. The third kappa shape index (κ3) is 2.53. The van der Waals surface area contributed by atoms with Crippen molar-refractivity contribution in [2.45, 2.75) is 27.7 Å². The molecular formula is C10H16FN. The van der Waals surface area contributed by atoms with E-state index in [9.17, 15) is 4.39 Å². The molecule has 0 saturated carbocycles. The van der Waals surface area contributed by atoms with Crippen molar-refractivity contribution in [3.63, 3.8) is 0 Å². The number of anilines is 1. The smallest absolute Gasteiger partial charge is 0.146 e. The van der Waals surface area contributed by atoms with E-state index in [1.807, 2.05) is 27.7 Å². The van der Waals surface area contributed by atoms with Crippen molar-refractivity contribution in [3.8, 4) is 0 Å². The number of benzene rings is 1. The number of hydrogen-bond acceptors (Lipinski definition) is 1. The molecule has 12 heavy (non-hydrogen) atoms. The molecule has 0 aliphatic carbocycles. The third-order valence-corrected chi connectivity index (χ3v) is 1.61. The summed E-state index contributed by atoms with van der Waals surface area (Å²) >= 11 is 0. The molecule has 0 saturated heterocycles. The maximum absolute atomic E-state index is 12.6. The Morgan fingerprint density at radius 3 is 1.92 bits per heavy atom. The predicted octanol–water partition coefficient (Wildman–Crippen LogP) is 3.05. The fourth-order valence-electron chi connectivity index (χ4n) is 0.803. The quantitative estimate of drug-likeness (QED) is 0.593. The van der Waals surface area contributed by atoms with Gasteiger partial charge in [-0.3, -0.25) is 0 Å². The van der Waals surface area contributed by atoms with Gasteiger partial charge in [0, 0.05) is 0 Å². The highest BCUT2D eigenvalue weighted by Gasteiger charge is 1.99. The first-order chi connectivity index (χ1) is 5.61. The van der Waals surface area contributed by atoms with E-state index in [0.717, 1.165) is 11.1 Å². The van der Waals surface area contributed by atoms with E-state index in [1.54, 1.807) is 6.07 Å². The Hall–Kier alpha value is -1.05. The van der Waals surface area contributed by atoms with Gasteiger partial charge in [-0.05, 0) is 37.1 Å². The summed E-state index contributed by atoms with van der Waals surface area (Å²) in [7, 11) is 0. The molecule has 0 amide bonds. The molecule has 0 aromatic heterocycles. The van der Waals surface area contributed by atoms with Gasteiger partial charge >= 0.3 is 0 Å². The molecule has 68 valence electrons. The van der Waals surface area contributed by atoms with Crippen molar-refractivity contribution in [1.29, 1.82) is 0 Å². The van der Waals surface area contributed by atoms with Crippen molar-refractivity contribution in [3.05, 3.63) is 29.1 Å². The summed E-state index contributed by atoms with van der Waals surface area (Å²) in [5.74, 6) is -0.330. The van der Waals surface area contributed by atoms with E-state index in [4.69, 9.17) is 5.73 Å². The number of aryl methyl sites for hydroxylation is 2. The summed E-state index contributed by atoms with van der Waals surface area (Å²) in [6.45, 7) is 7.77. The summed E-state index contributed by atoms with van der Waals surface area (Å²) < 4.78 is 12.6. The molecule has 2 N–H and O–H groups in total. The molecule has 1 rings (SSSR count). The van der Waals surface area contributed by atoms with Gasteiger partial charge in [0.2, 0.25) is 0 Å². The van der Waals surface area contributed by atoms with Crippen LogP contribution >= 0.6 is 0 Å². The molecule has 0 unspecified atom stereocenters. The van der Waals surface area contributed by atoms with Crippen molar-refractivity contribution < 1.29 is 4.39 Å². The molecule has 0 atom stereocenters. The van der Waals surface area contributed by atoms with Gasteiger partial charge in [-0.1, -0.05) is 13.8 Å². The van der Waals surface area contributed by atoms with Gasteiger partial charge in [-0.25, -0.2) is 4.39 Å². The molecular weight excluding hydrogens is 153 g/mol. The second-order valence-electron chi connectivity index (χ2n) is 2.46. The highest BCUT2D eigenvalue weighted by Crippen LogP contribution is 2.15. The van der Waals surface area contributed by atoms with Crippen LogP contribution in [0.1, 0.15) is 25.0 Å². The maximum Gasteiger partial charge on any atom is 0.146 e. The van der Waals surface area contributed by atoms with Gasteiger partial charge in [0.25, 0.3) is 0 Å². The molecule has 1 aromatic rings. The zero-order valence-electron chi connectivity index (χ0n) is 8.11. The van der Waals surface area contributed by atoms with Crippen molar-refractivity contribution >= 4 is 5.69 Å². The number of rotatable bonds is 0. The van der Waals surface area contributed by atoms with Crippen molar-refractivity contribution in [2.24, 2.45) is 0 Å². The zero-order chi connectivity index (χ0) is 9.72. The molecule has 2 heteroatoms. The van der Waals surface area contributed by atoms with Crippen molar-refractivity contribution in [1.82, 2.24) is 0 Å². The highest BCUT2D eigenvalue weighted by atomic mass is 19.1. The predicted molar refractivity (Wildman–Crippen MR) is 51.6 cm³/mol. The Balaban J connectivity index is 0.000000561. The van der Waals surface area contributed by atoms with Crippen LogP contribution in [0.15, 0.2) is 12.1 Å². The number of halogens is 1. The van der Waals surface area contributed by atoms with Crippen LogP contribution in [0.3, 0.4) is 0 Å². The molecule has 0 aliphatic rings. The number of hydrogen-bond donors (Lipinski definition) is 1. The van der Waals surface area contributed by atoms with Crippen LogP contribution in [-0.4, -0.2) is 0 Å². The Morgan fingerprint density at radius 2 is 1.50 bits per heavy atom. The van der Waals surface area contributed by atoms with Crippen LogP contribution in [0.4, 0.5) is 10.1 Å². The van der Waals surface area contributed by atoms with Crippen LogP contribution in [-0.2, 0) is 0 Å². The van der Waals surface area contributed by atoms with Crippen LogP contribution in [0, 0.1) is 19.7 Å². The molecule has 0 spiro atoms. The van der Waals surface area contributed by atoms with Gasteiger partial charge in [-0.15, -0.1) is 0 Å². The summed E-state index contributed by atoms with van der Waals surface area (Å²) in [5, 5.41) is 0. The van der Waals surface area contributed by atoms with Crippen molar-refractivity contribution in [2.75, 3.05) is 5.73 Å². The van der Waals surface area contributed by atoms with Gasteiger partial charge in [-0.2, -0.15) is 0 Å². The van der Waals surface area contributed by atoms with Crippen LogP contribution in [0.2, 0.25) is 0 Å². The minimum absolute atomic E-state index is 0.225. The Labute approximate surface area is 73.4 Å². The van der Waals surface area contributed by atoms with Crippen LogP contribution < -0.4 is 5.73 Å². The van der Waals surface area contributed by atoms with Crippen LogP contribution in [0.5, 0.6) is 0 Å². The van der Waals surface area contributed by atoms with Gasteiger partial charge in [0.15, 0.2) is 0 Å². The SMILES string of the molecule is CC.Cc1cc(N)c(F)cc1C. The second-order valence-corrected chi connectivity index (χ2v) is 2.46. The summed E-state index contributed by atoms with van der Waals surface area (Å²) in [6, 6.07) is 3.09. The van der Waals surface area contributed by atoms with E-state index in [1.165, 1.54) is 6.07 Å². The molecule has 0 radical (unpaired) electrons. The lowest BCUT2D eigenvalue weighted by molar-refractivity contribution is 0.631. The minimum Gasteiger partial charge on any atom is -0.396 e. The minimum atomic E-state index is -0.330. The normalized spacial score (nSPS) is 8.75. The fourth-order valence-corrected chi connectivity index (χ4v) is 0.803. The lowest BCUT2D eigenvalue weighted by Crippen LogP contribution is -1.92. The first kappa shape index (κ1) is 11.0. The van der Waals surface area contributed by atoms with E-state index >= 15 is 0 Å². The second kappa shape index (κ2) is 4.75. The largest absolute Gasteiger partial charge is 0.396 e. The molecule has 0 heterocycles. The number of nitrogens with two attached hydrogens (primary N) is 1. The standard InChI is InChI=1S/C8H10FN.C2H6/c1-5-3-7(9)8(10)4-6(5)2;1-2/h3-4H,10H2,1-2H3;1-2H3.